The number of hydrogen-bond acceptors (Lipinski definition) is 4. The maximum absolute atomic E-state index is 11.1. The first kappa shape index (κ1) is 11.6. The number of carbonyl (C=O) groups excluding carboxylic acids is 1. The molecule has 0 saturated heterocycles. The van der Waals surface area contributed by atoms with Crippen LogP contribution in [0.25, 0.3) is 0 Å². The molecule has 0 fully saturated rings. The van der Waals surface area contributed by atoms with Gasteiger partial charge in [-0.3, -0.25) is 4.79 Å². The Bertz CT molecular complexity index is 522. The van der Waals surface area contributed by atoms with Gasteiger partial charge in [0.1, 0.15) is 0 Å². The van der Waals surface area contributed by atoms with Gasteiger partial charge in [0.05, 0.1) is 5.56 Å². The number of nitrogens with two attached hydrogens (primary N) is 2. The second kappa shape index (κ2) is 3.59. The van der Waals surface area contributed by atoms with Crippen LogP contribution in [-0.4, -0.2) is 19.3 Å². The fourth-order valence-corrected chi connectivity index (χ4v) is 1.99. The summed E-state index contributed by atoms with van der Waals surface area (Å²) < 4.78 is 22.2. The van der Waals surface area contributed by atoms with Crippen LogP contribution in [0.3, 0.4) is 0 Å². The van der Waals surface area contributed by atoms with E-state index in [1.54, 1.807) is 6.92 Å². The quantitative estimate of drug-likeness (QED) is 0.707. The molecule has 1 heterocycles. The third kappa shape index (κ3) is 2.13. The number of primary amides is 1. The minimum atomic E-state index is -3.86. The minimum absolute atomic E-state index is 0.194. The molecule has 0 aliphatic rings. The van der Waals surface area contributed by atoms with Crippen molar-refractivity contribution in [2.75, 3.05) is 0 Å². The Kier molecular flexibility index (Phi) is 2.78. The van der Waals surface area contributed by atoms with Crippen molar-refractivity contribution < 1.29 is 13.2 Å². The lowest BCUT2D eigenvalue weighted by molar-refractivity contribution is 0.0999. The molecule has 4 N–H and O–H groups in total. The van der Waals surface area contributed by atoms with Gasteiger partial charge in [-0.05, 0) is 25.0 Å². The van der Waals surface area contributed by atoms with Crippen molar-refractivity contribution in [2.45, 2.75) is 18.9 Å². The molecule has 1 aromatic heterocycles. The zero-order chi connectivity index (χ0) is 11.8. The molecular weight excluding hydrogens is 218 g/mol. The van der Waals surface area contributed by atoms with Crippen LogP contribution in [-0.2, 0) is 10.0 Å². The Morgan fingerprint density at radius 1 is 1.33 bits per heavy atom. The number of carbonyl (C=O) groups is 1. The van der Waals surface area contributed by atoms with Crippen LogP contribution in [0.4, 0.5) is 0 Å². The lowest BCUT2D eigenvalue weighted by Crippen LogP contribution is -2.19. The second-order valence-corrected chi connectivity index (χ2v) is 4.61. The first-order valence-electron chi connectivity index (χ1n) is 4.04. The van der Waals surface area contributed by atoms with E-state index in [9.17, 15) is 13.2 Å². The average Bonchev–Trinajstić information content (AvgIpc) is 2.06. The van der Waals surface area contributed by atoms with Crippen molar-refractivity contribution in [3.05, 3.63) is 22.9 Å². The number of nitrogens with zero attached hydrogens (tertiary/aromatic N) is 1. The standard InChI is InChI=1S/C8H11N3O3S/c1-4-5(2)8(15(10,13)14)11-3-6(4)7(9)12/h3H,1-2H3,(H2,9,12)(H2,10,13,14). The van der Waals surface area contributed by atoms with Crippen LogP contribution in [0.15, 0.2) is 11.2 Å². The molecule has 0 atom stereocenters. The number of pyridine rings is 1. The molecular formula is C8H11N3O3S. The maximum Gasteiger partial charge on any atom is 0.255 e. The van der Waals surface area contributed by atoms with Crippen LogP contribution in [0.5, 0.6) is 0 Å². The molecule has 0 unspecified atom stereocenters. The smallest absolute Gasteiger partial charge is 0.255 e. The summed E-state index contributed by atoms with van der Waals surface area (Å²) in [6, 6.07) is 0. The number of amides is 1. The largest absolute Gasteiger partial charge is 0.366 e. The molecule has 0 bridgehead atoms. The van der Waals surface area contributed by atoms with Crippen LogP contribution >= 0.6 is 0 Å². The molecule has 82 valence electrons. The molecule has 0 aliphatic heterocycles. The number of rotatable bonds is 2. The number of aromatic nitrogens is 1. The predicted octanol–water partition coefficient (Wildman–Crippen LogP) is -0.555. The maximum atomic E-state index is 11.1. The summed E-state index contributed by atoms with van der Waals surface area (Å²) in [5.41, 5.74) is 6.09. The van der Waals surface area contributed by atoms with E-state index in [0.717, 1.165) is 6.20 Å². The normalized spacial score (nSPS) is 11.4. The minimum Gasteiger partial charge on any atom is -0.366 e. The highest BCUT2D eigenvalue weighted by molar-refractivity contribution is 7.89. The first-order chi connectivity index (χ1) is 6.75. The molecule has 1 rings (SSSR count). The van der Waals surface area contributed by atoms with E-state index in [2.05, 4.69) is 4.98 Å². The van der Waals surface area contributed by atoms with Crippen LogP contribution in [0, 0.1) is 13.8 Å². The Hall–Kier alpha value is -1.47. The summed E-state index contributed by atoms with van der Waals surface area (Å²) in [5, 5.41) is 4.71. The highest BCUT2D eigenvalue weighted by atomic mass is 32.2. The fraction of sp³-hybridized carbons (Fsp3) is 0.250. The Morgan fingerprint density at radius 3 is 2.27 bits per heavy atom. The lowest BCUT2D eigenvalue weighted by atomic mass is 10.1. The summed E-state index contributed by atoms with van der Waals surface area (Å²) in [6.07, 6.45) is 1.12. The topological polar surface area (TPSA) is 116 Å². The Labute approximate surface area is 87.3 Å². The fourth-order valence-electron chi connectivity index (χ4n) is 1.21. The summed E-state index contributed by atoms with van der Waals surface area (Å²) in [4.78, 5) is 14.6. The lowest BCUT2D eigenvalue weighted by Gasteiger charge is -2.08. The van der Waals surface area contributed by atoms with E-state index >= 15 is 0 Å². The second-order valence-electron chi connectivity index (χ2n) is 3.14. The average molecular weight is 229 g/mol. The molecule has 7 heteroatoms. The number of sulfonamides is 1. The molecule has 0 spiro atoms. The van der Waals surface area contributed by atoms with Gasteiger partial charge in [-0.25, -0.2) is 18.5 Å². The van der Waals surface area contributed by atoms with Crippen molar-refractivity contribution in [1.82, 2.24) is 4.98 Å². The van der Waals surface area contributed by atoms with Gasteiger partial charge in [0.2, 0.25) is 0 Å². The molecule has 15 heavy (non-hydrogen) atoms. The SMILES string of the molecule is Cc1c(C(N)=O)cnc(S(N)(=O)=O)c1C. The first-order valence-corrected chi connectivity index (χ1v) is 5.58. The van der Waals surface area contributed by atoms with Gasteiger partial charge in [-0.15, -0.1) is 0 Å². The molecule has 0 saturated carbocycles. The van der Waals surface area contributed by atoms with Gasteiger partial charge in [0.25, 0.3) is 15.9 Å². The van der Waals surface area contributed by atoms with E-state index in [1.807, 2.05) is 0 Å². The van der Waals surface area contributed by atoms with Crippen molar-refractivity contribution >= 4 is 15.9 Å². The molecule has 0 aromatic carbocycles. The van der Waals surface area contributed by atoms with E-state index < -0.39 is 15.9 Å². The molecule has 1 aromatic rings. The van der Waals surface area contributed by atoms with Crippen molar-refractivity contribution in [3.63, 3.8) is 0 Å². The van der Waals surface area contributed by atoms with E-state index in [0.29, 0.717) is 11.1 Å². The molecule has 6 nitrogen and oxygen atoms in total. The molecule has 1 amide bonds. The Balaban J connectivity index is 3.55. The summed E-state index contributed by atoms with van der Waals surface area (Å²) in [5.74, 6) is -0.649. The van der Waals surface area contributed by atoms with Gasteiger partial charge < -0.3 is 5.73 Å². The van der Waals surface area contributed by atoms with E-state index in [-0.39, 0.29) is 10.6 Å². The van der Waals surface area contributed by atoms with Crippen LogP contribution < -0.4 is 10.9 Å². The van der Waals surface area contributed by atoms with Crippen LogP contribution in [0.1, 0.15) is 21.5 Å². The van der Waals surface area contributed by atoms with Gasteiger partial charge in [0.15, 0.2) is 5.03 Å². The summed E-state index contributed by atoms with van der Waals surface area (Å²) >= 11 is 0. The highest BCUT2D eigenvalue weighted by Crippen LogP contribution is 2.17. The van der Waals surface area contributed by atoms with Crippen LogP contribution in [0.2, 0.25) is 0 Å². The third-order valence-corrected chi connectivity index (χ3v) is 3.08. The van der Waals surface area contributed by atoms with Gasteiger partial charge in [-0.2, -0.15) is 0 Å². The van der Waals surface area contributed by atoms with E-state index in [4.69, 9.17) is 10.9 Å². The van der Waals surface area contributed by atoms with Crippen molar-refractivity contribution in [1.29, 1.82) is 0 Å². The van der Waals surface area contributed by atoms with Gasteiger partial charge >= 0.3 is 0 Å². The summed E-state index contributed by atoms with van der Waals surface area (Å²) in [7, 11) is -3.86. The number of hydrogen-bond donors (Lipinski definition) is 2. The zero-order valence-corrected chi connectivity index (χ0v) is 9.13. The predicted molar refractivity (Wildman–Crippen MR) is 53.6 cm³/mol. The monoisotopic (exact) mass is 229 g/mol. The third-order valence-electron chi connectivity index (χ3n) is 2.13. The van der Waals surface area contributed by atoms with Crippen molar-refractivity contribution in [2.24, 2.45) is 10.9 Å². The Morgan fingerprint density at radius 2 is 1.87 bits per heavy atom. The zero-order valence-electron chi connectivity index (χ0n) is 8.31. The highest BCUT2D eigenvalue weighted by Gasteiger charge is 2.18. The molecule has 0 aliphatic carbocycles. The van der Waals surface area contributed by atoms with E-state index in [1.165, 1.54) is 6.92 Å². The molecule has 0 radical (unpaired) electrons. The van der Waals surface area contributed by atoms with Gasteiger partial charge in [0, 0.05) is 6.20 Å². The van der Waals surface area contributed by atoms with Gasteiger partial charge in [-0.1, -0.05) is 0 Å². The van der Waals surface area contributed by atoms with Crippen molar-refractivity contribution in [3.8, 4) is 0 Å². The number of primary sulfonamides is 1. The summed E-state index contributed by atoms with van der Waals surface area (Å²) in [6.45, 7) is 3.11.